The van der Waals surface area contributed by atoms with Gasteiger partial charge in [-0.1, -0.05) is 6.42 Å². The third-order valence-electron chi connectivity index (χ3n) is 3.03. The van der Waals surface area contributed by atoms with Gasteiger partial charge in [0.1, 0.15) is 0 Å². The molecule has 0 aliphatic heterocycles. The summed E-state index contributed by atoms with van der Waals surface area (Å²) < 4.78 is 4.47. The lowest BCUT2D eigenvalue weighted by Gasteiger charge is -2.39. The Balaban J connectivity index is 2.26. The second-order valence-electron chi connectivity index (χ2n) is 3.92. The molecule has 5 heteroatoms. The number of nitrogens with one attached hydrogen (secondary N) is 1. The second kappa shape index (κ2) is 5.11. The van der Waals surface area contributed by atoms with Gasteiger partial charge in [-0.3, -0.25) is 9.59 Å². The number of ether oxygens (including phenoxy) is 1. The van der Waals surface area contributed by atoms with Crippen molar-refractivity contribution in [1.82, 2.24) is 5.32 Å². The van der Waals surface area contributed by atoms with E-state index in [0.29, 0.717) is 13.1 Å². The van der Waals surface area contributed by atoms with E-state index in [2.05, 4.69) is 10.1 Å². The Morgan fingerprint density at radius 3 is 2.53 bits per heavy atom. The van der Waals surface area contributed by atoms with Gasteiger partial charge in [0.05, 0.1) is 18.9 Å². The van der Waals surface area contributed by atoms with Crippen LogP contribution in [0.25, 0.3) is 0 Å². The summed E-state index contributed by atoms with van der Waals surface area (Å²) in [5.41, 5.74) is 5.21. The highest BCUT2D eigenvalue weighted by Gasteiger charge is 2.42. The summed E-state index contributed by atoms with van der Waals surface area (Å²) in [5.74, 6) is -0.342. The summed E-state index contributed by atoms with van der Waals surface area (Å²) in [6, 6.07) is 0. The van der Waals surface area contributed by atoms with Crippen LogP contribution >= 0.6 is 0 Å². The molecule has 15 heavy (non-hydrogen) atoms. The highest BCUT2D eigenvalue weighted by Crippen LogP contribution is 2.39. The minimum atomic E-state index is -0.365. The van der Waals surface area contributed by atoms with Crippen molar-refractivity contribution < 1.29 is 14.3 Å². The van der Waals surface area contributed by atoms with Gasteiger partial charge in [0.15, 0.2) is 0 Å². The van der Waals surface area contributed by atoms with Gasteiger partial charge < -0.3 is 15.8 Å². The molecular weight excluding hydrogens is 196 g/mol. The van der Waals surface area contributed by atoms with E-state index in [4.69, 9.17) is 5.73 Å². The van der Waals surface area contributed by atoms with Gasteiger partial charge in [-0.25, -0.2) is 0 Å². The molecule has 1 saturated carbocycles. The molecule has 0 unspecified atom stereocenters. The lowest BCUT2D eigenvalue weighted by molar-refractivity contribution is -0.140. The fourth-order valence-corrected chi connectivity index (χ4v) is 1.70. The van der Waals surface area contributed by atoms with Crippen molar-refractivity contribution in [3.8, 4) is 0 Å². The summed E-state index contributed by atoms with van der Waals surface area (Å²) in [5, 5.41) is 2.72. The molecule has 1 aliphatic carbocycles. The maximum absolute atomic E-state index is 11.7. The highest BCUT2D eigenvalue weighted by molar-refractivity contribution is 5.84. The van der Waals surface area contributed by atoms with Crippen LogP contribution in [0, 0.1) is 5.41 Å². The fourth-order valence-electron chi connectivity index (χ4n) is 1.70. The van der Waals surface area contributed by atoms with Crippen LogP contribution in [0.2, 0.25) is 0 Å². The molecule has 0 atom stereocenters. The summed E-state index contributed by atoms with van der Waals surface area (Å²) >= 11 is 0. The highest BCUT2D eigenvalue weighted by atomic mass is 16.5. The standard InChI is InChI=1S/C10H18N2O3/c1-15-8(13)3-6-12-9(14)10(7-11)4-2-5-10/h2-7,11H2,1H3,(H,12,14). The van der Waals surface area contributed by atoms with Gasteiger partial charge in [-0.15, -0.1) is 0 Å². The lowest BCUT2D eigenvalue weighted by atomic mass is 9.68. The Bertz CT molecular complexity index is 244. The van der Waals surface area contributed by atoms with Gasteiger partial charge in [0.2, 0.25) is 5.91 Å². The van der Waals surface area contributed by atoms with Crippen LogP contribution in [0.15, 0.2) is 0 Å². The molecule has 0 saturated heterocycles. The quantitative estimate of drug-likeness (QED) is 0.621. The van der Waals surface area contributed by atoms with E-state index in [9.17, 15) is 9.59 Å². The molecule has 0 aromatic heterocycles. The number of carbonyl (C=O) groups excluding carboxylic acids is 2. The van der Waals surface area contributed by atoms with Crippen molar-refractivity contribution in [3.05, 3.63) is 0 Å². The minimum absolute atomic E-state index is 0.0276. The molecule has 1 rings (SSSR count). The van der Waals surface area contributed by atoms with Crippen molar-refractivity contribution in [3.63, 3.8) is 0 Å². The van der Waals surface area contributed by atoms with Gasteiger partial charge in [0.25, 0.3) is 0 Å². The summed E-state index contributed by atoms with van der Waals surface area (Å²) in [7, 11) is 1.33. The van der Waals surface area contributed by atoms with Gasteiger partial charge >= 0.3 is 5.97 Å². The predicted molar refractivity (Wildman–Crippen MR) is 55.0 cm³/mol. The maximum atomic E-state index is 11.7. The second-order valence-corrected chi connectivity index (χ2v) is 3.92. The van der Waals surface area contributed by atoms with Crippen molar-refractivity contribution >= 4 is 11.9 Å². The average molecular weight is 214 g/mol. The molecule has 0 radical (unpaired) electrons. The first-order chi connectivity index (χ1) is 7.14. The molecule has 0 aromatic carbocycles. The number of rotatable bonds is 5. The number of methoxy groups -OCH3 is 1. The Kier molecular flexibility index (Phi) is 4.08. The first-order valence-electron chi connectivity index (χ1n) is 5.20. The number of hydrogen-bond acceptors (Lipinski definition) is 4. The van der Waals surface area contributed by atoms with E-state index < -0.39 is 0 Å². The Labute approximate surface area is 89.3 Å². The summed E-state index contributed by atoms with van der Waals surface area (Å²) in [6.45, 7) is 0.713. The van der Waals surface area contributed by atoms with Crippen LogP contribution in [-0.2, 0) is 14.3 Å². The summed E-state index contributed by atoms with van der Waals surface area (Å²) in [4.78, 5) is 22.5. The van der Waals surface area contributed by atoms with Crippen molar-refractivity contribution in [2.75, 3.05) is 20.2 Å². The van der Waals surface area contributed by atoms with Gasteiger partial charge in [-0.05, 0) is 12.8 Å². The Morgan fingerprint density at radius 1 is 1.47 bits per heavy atom. The molecule has 1 amide bonds. The fraction of sp³-hybridized carbons (Fsp3) is 0.800. The van der Waals surface area contributed by atoms with Crippen molar-refractivity contribution in [2.24, 2.45) is 11.1 Å². The van der Waals surface area contributed by atoms with E-state index in [-0.39, 0.29) is 23.7 Å². The predicted octanol–water partition coefficient (Wildman–Crippen LogP) is -0.205. The summed E-state index contributed by atoms with van der Waals surface area (Å²) in [6.07, 6.45) is 2.98. The molecule has 5 nitrogen and oxygen atoms in total. The monoisotopic (exact) mass is 214 g/mol. The Morgan fingerprint density at radius 2 is 2.13 bits per heavy atom. The molecule has 1 fully saturated rings. The van der Waals surface area contributed by atoms with Crippen LogP contribution in [0.4, 0.5) is 0 Å². The molecule has 1 aliphatic rings. The number of amides is 1. The van der Waals surface area contributed by atoms with E-state index in [0.717, 1.165) is 19.3 Å². The molecular formula is C10H18N2O3. The topological polar surface area (TPSA) is 81.4 Å². The van der Waals surface area contributed by atoms with Crippen molar-refractivity contribution in [1.29, 1.82) is 0 Å². The first-order valence-corrected chi connectivity index (χ1v) is 5.20. The number of hydrogen-bond donors (Lipinski definition) is 2. The number of nitrogens with two attached hydrogens (primary N) is 1. The molecule has 0 aromatic rings. The van der Waals surface area contributed by atoms with E-state index in [1.54, 1.807) is 0 Å². The zero-order valence-electron chi connectivity index (χ0n) is 9.04. The third-order valence-corrected chi connectivity index (χ3v) is 3.03. The van der Waals surface area contributed by atoms with E-state index in [1.165, 1.54) is 7.11 Å². The number of esters is 1. The van der Waals surface area contributed by atoms with Gasteiger partial charge in [-0.2, -0.15) is 0 Å². The minimum Gasteiger partial charge on any atom is -0.469 e. The normalized spacial score (nSPS) is 17.7. The first kappa shape index (κ1) is 12.0. The largest absolute Gasteiger partial charge is 0.469 e. The van der Waals surface area contributed by atoms with Crippen LogP contribution in [0.1, 0.15) is 25.7 Å². The Hall–Kier alpha value is -1.10. The molecule has 0 heterocycles. The average Bonchev–Trinajstić information content (AvgIpc) is 2.16. The molecule has 86 valence electrons. The third kappa shape index (κ3) is 2.68. The molecule has 0 bridgehead atoms. The van der Waals surface area contributed by atoms with Crippen LogP contribution < -0.4 is 11.1 Å². The maximum Gasteiger partial charge on any atom is 0.307 e. The number of carbonyl (C=O) groups is 2. The van der Waals surface area contributed by atoms with Crippen LogP contribution in [0.5, 0.6) is 0 Å². The van der Waals surface area contributed by atoms with E-state index >= 15 is 0 Å². The van der Waals surface area contributed by atoms with Crippen LogP contribution in [0.3, 0.4) is 0 Å². The van der Waals surface area contributed by atoms with Crippen LogP contribution in [-0.4, -0.2) is 32.1 Å². The van der Waals surface area contributed by atoms with Gasteiger partial charge in [0, 0.05) is 13.1 Å². The lowest BCUT2D eigenvalue weighted by Crippen LogP contribution is -2.50. The zero-order chi connectivity index (χ0) is 11.3. The molecule has 3 N–H and O–H groups in total. The zero-order valence-corrected chi connectivity index (χ0v) is 9.04. The van der Waals surface area contributed by atoms with Crippen molar-refractivity contribution in [2.45, 2.75) is 25.7 Å². The molecule has 0 spiro atoms. The smallest absolute Gasteiger partial charge is 0.307 e. The van der Waals surface area contributed by atoms with E-state index in [1.807, 2.05) is 0 Å². The SMILES string of the molecule is COC(=O)CCNC(=O)C1(CN)CCC1.